The van der Waals surface area contributed by atoms with E-state index in [4.69, 9.17) is 4.74 Å². The monoisotopic (exact) mass is 380 g/mol. The fourth-order valence-corrected chi connectivity index (χ4v) is 3.80. The normalized spacial score (nSPS) is 19.2. The van der Waals surface area contributed by atoms with Crippen LogP contribution >= 0.6 is 0 Å². The Kier molecular flexibility index (Phi) is 4.96. The number of hydrogen-bond donors (Lipinski definition) is 1. The molecule has 6 heteroatoms. The third-order valence-electron chi connectivity index (χ3n) is 5.32. The third-order valence-corrected chi connectivity index (χ3v) is 5.32. The molecule has 0 aliphatic carbocycles. The predicted molar refractivity (Wildman–Crippen MR) is 104 cm³/mol. The summed E-state index contributed by atoms with van der Waals surface area (Å²) < 4.78 is 19.2. The molecule has 1 saturated heterocycles. The first-order valence-corrected chi connectivity index (χ1v) is 9.20. The quantitative estimate of drug-likeness (QED) is 0.756. The molecule has 0 spiro atoms. The van der Waals surface area contributed by atoms with Crippen LogP contribution in [0.25, 0.3) is 10.9 Å². The molecule has 1 aliphatic heterocycles. The highest BCUT2D eigenvalue weighted by Crippen LogP contribution is 2.27. The fraction of sp³-hybridized carbons (Fsp3) is 0.273. The van der Waals surface area contributed by atoms with Crippen LogP contribution in [0.2, 0.25) is 0 Å². The smallest absolute Gasteiger partial charge is 0.256 e. The molecule has 1 fully saturated rings. The van der Waals surface area contributed by atoms with E-state index in [2.05, 4.69) is 4.98 Å². The van der Waals surface area contributed by atoms with Crippen molar-refractivity contribution in [1.29, 1.82) is 0 Å². The number of rotatable bonds is 4. The maximum atomic E-state index is 14.3. The van der Waals surface area contributed by atoms with E-state index in [1.54, 1.807) is 12.3 Å². The number of ether oxygens (including phenoxy) is 1. The number of likely N-dealkylation sites (tertiary alicyclic amines) is 1. The first-order chi connectivity index (χ1) is 13.6. The first-order valence-electron chi connectivity index (χ1n) is 9.20. The Bertz CT molecular complexity index is 1020. The minimum absolute atomic E-state index is 0.0111. The second-order valence-electron chi connectivity index (χ2n) is 7.07. The van der Waals surface area contributed by atoms with Crippen molar-refractivity contribution < 1.29 is 19.0 Å². The van der Waals surface area contributed by atoms with E-state index in [0.29, 0.717) is 18.7 Å². The van der Waals surface area contributed by atoms with Gasteiger partial charge in [0.15, 0.2) is 0 Å². The fourth-order valence-electron chi connectivity index (χ4n) is 3.80. The van der Waals surface area contributed by atoms with Crippen molar-refractivity contribution in [2.75, 3.05) is 20.2 Å². The summed E-state index contributed by atoms with van der Waals surface area (Å²) in [4.78, 5) is 18.6. The number of carbonyl (C=O) groups excluding carboxylic acids is 1. The average molecular weight is 380 g/mol. The summed E-state index contributed by atoms with van der Waals surface area (Å²) in [5.41, 5.74) is 1.98. The molecule has 1 N–H and O–H groups in total. The molecule has 144 valence electrons. The van der Waals surface area contributed by atoms with Gasteiger partial charge in [0.25, 0.3) is 5.91 Å². The zero-order valence-corrected chi connectivity index (χ0v) is 15.5. The molecule has 2 aromatic carbocycles. The average Bonchev–Trinajstić information content (AvgIpc) is 3.08. The lowest BCUT2D eigenvalue weighted by molar-refractivity contribution is 0.0760. The molecule has 0 bridgehead atoms. The molecule has 28 heavy (non-hydrogen) atoms. The highest BCUT2D eigenvalue weighted by atomic mass is 19.1. The molecule has 0 saturated carbocycles. The molecule has 0 radical (unpaired) electrons. The lowest BCUT2D eigenvalue weighted by Gasteiger charge is -2.17. The number of carbonyl (C=O) groups is 1. The van der Waals surface area contributed by atoms with Gasteiger partial charge in [0.05, 0.1) is 24.3 Å². The second kappa shape index (κ2) is 7.56. The van der Waals surface area contributed by atoms with Gasteiger partial charge in [-0.25, -0.2) is 4.39 Å². The summed E-state index contributed by atoms with van der Waals surface area (Å²) in [6, 6.07) is 14.0. The van der Waals surface area contributed by atoms with Crippen molar-refractivity contribution in [2.24, 2.45) is 5.92 Å². The van der Waals surface area contributed by atoms with Crippen LogP contribution in [0, 0.1) is 11.7 Å². The SMILES string of the molecule is COc1ccc(C(=O)N2C[C@@H](Cc3ccnc4ccccc34)[C@@H](O)C2)c(F)c1. The van der Waals surface area contributed by atoms with Gasteiger partial charge in [-0.15, -0.1) is 0 Å². The number of hydrogen-bond acceptors (Lipinski definition) is 4. The van der Waals surface area contributed by atoms with Gasteiger partial charge >= 0.3 is 0 Å². The number of benzene rings is 2. The van der Waals surface area contributed by atoms with E-state index < -0.39 is 17.8 Å². The Balaban J connectivity index is 1.52. The number of aliphatic hydroxyl groups is 1. The van der Waals surface area contributed by atoms with Crippen molar-refractivity contribution in [1.82, 2.24) is 9.88 Å². The van der Waals surface area contributed by atoms with Crippen molar-refractivity contribution in [2.45, 2.75) is 12.5 Å². The van der Waals surface area contributed by atoms with Gasteiger partial charge in [-0.1, -0.05) is 18.2 Å². The Morgan fingerprint density at radius 3 is 2.86 bits per heavy atom. The van der Waals surface area contributed by atoms with Crippen LogP contribution in [0.1, 0.15) is 15.9 Å². The van der Waals surface area contributed by atoms with Crippen LogP contribution in [-0.2, 0) is 6.42 Å². The van der Waals surface area contributed by atoms with Gasteiger partial charge in [0, 0.05) is 36.7 Å². The third kappa shape index (κ3) is 3.43. The largest absolute Gasteiger partial charge is 0.497 e. The first kappa shape index (κ1) is 18.4. The number of methoxy groups -OCH3 is 1. The van der Waals surface area contributed by atoms with Crippen LogP contribution in [0.3, 0.4) is 0 Å². The van der Waals surface area contributed by atoms with Gasteiger partial charge in [0.2, 0.25) is 0 Å². The van der Waals surface area contributed by atoms with Gasteiger partial charge in [-0.05, 0) is 36.2 Å². The summed E-state index contributed by atoms with van der Waals surface area (Å²) in [5, 5.41) is 11.6. The second-order valence-corrected chi connectivity index (χ2v) is 7.07. The Morgan fingerprint density at radius 1 is 1.25 bits per heavy atom. The molecule has 0 unspecified atom stereocenters. The van der Waals surface area contributed by atoms with Crippen LogP contribution < -0.4 is 4.74 Å². The summed E-state index contributed by atoms with van der Waals surface area (Å²) >= 11 is 0. The lowest BCUT2D eigenvalue weighted by Crippen LogP contribution is -2.30. The summed E-state index contributed by atoms with van der Waals surface area (Å²) in [5.74, 6) is -0.794. The van der Waals surface area contributed by atoms with Crippen molar-refractivity contribution in [3.63, 3.8) is 0 Å². The number of amides is 1. The van der Waals surface area contributed by atoms with E-state index in [1.165, 1.54) is 24.1 Å². The number of fused-ring (bicyclic) bond motifs is 1. The number of aliphatic hydroxyl groups excluding tert-OH is 1. The van der Waals surface area contributed by atoms with Crippen molar-refractivity contribution >= 4 is 16.8 Å². The van der Waals surface area contributed by atoms with Crippen LogP contribution in [0.5, 0.6) is 5.75 Å². The highest BCUT2D eigenvalue weighted by molar-refractivity contribution is 5.95. The predicted octanol–water partition coefficient (Wildman–Crippen LogP) is 3.06. The molecule has 3 aromatic rings. The van der Waals surface area contributed by atoms with Crippen LogP contribution in [0.15, 0.2) is 54.7 Å². The Hall–Kier alpha value is -2.99. The van der Waals surface area contributed by atoms with Crippen LogP contribution in [0.4, 0.5) is 4.39 Å². The number of β-amino-alcohol motifs (C(OH)–C–C–N with tert-alkyl or cyclic N) is 1. The van der Waals surface area contributed by atoms with E-state index in [0.717, 1.165) is 16.5 Å². The van der Waals surface area contributed by atoms with Gasteiger partial charge < -0.3 is 14.7 Å². The number of pyridine rings is 1. The van der Waals surface area contributed by atoms with Crippen LogP contribution in [-0.4, -0.2) is 47.2 Å². The van der Waals surface area contributed by atoms with E-state index in [-0.39, 0.29) is 18.0 Å². The standard InChI is InChI=1S/C22H21FN2O3/c1-28-16-6-7-18(19(23)11-16)22(27)25-12-15(21(26)13-25)10-14-8-9-24-20-5-3-2-4-17(14)20/h2-9,11,15,21,26H,10,12-13H2,1H3/t15-,21+/m1/s1. The maximum absolute atomic E-state index is 14.3. The lowest BCUT2D eigenvalue weighted by atomic mass is 9.94. The van der Waals surface area contributed by atoms with Gasteiger partial charge in [0.1, 0.15) is 11.6 Å². The molecule has 2 atom stereocenters. The van der Waals surface area contributed by atoms with Gasteiger partial charge in [-0.3, -0.25) is 9.78 Å². The topological polar surface area (TPSA) is 62.7 Å². The van der Waals surface area contributed by atoms with Gasteiger partial charge in [-0.2, -0.15) is 0 Å². The Morgan fingerprint density at radius 2 is 2.07 bits per heavy atom. The molecular formula is C22H21FN2O3. The molecular weight excluding hydrogens is 359 g/mol. The zero-order chi connectivity index (χ0) is 19.7. The summed E-state index contributed by atoms with van der Waals surface area (Å²) in [6.45, 7) is 0.570. The molecule has 1 aromatic heterocycles. The number of aromatic nitrogens is 1. The molecule has 5 nitrogen and oxygen atoms in total. The number of para-hydroxylation sites is 1. The van der Waals surface area contributed by atoms with Crippen molar-refractivity contribution in [3.05, 3.63) is 71.7 Å². The molecule has 4 rings (SSSR count). The summed E-state index contributed by atoms with van der Waals surface area (Å²) in [6.07, 6.45) is 1.73. The minimum Gasteiger partial charge on any atom is -0.497 e. The highest BCUT2D eigenvalue weighted by Gasteiger charge is 2.35. The molecule has 1 aliphatic rings. The zero-order valence-electron chi connectivity index (χ0n) is 15.5. The van der Waals surface area contributed by atoms with E-state index in [1.807, 2.05) is 30.3 Å². The van der Waals surface area contributed by atoms with Crippen molar-refractivity contribution in [3.8, 4) is 5.75 Å². The number of nitrogens with zero attached hydrogens (tertiary/aromatic N) is 2. The Labute approximate surface area is 162 Å². The maximum Gasteiger partial charge on any atom is 0.256 e. The summed E-state index contributed by atoms with van der Waals surface area (Å²) in [7, 11) is 1.44. The molecule has 1 amide bonds. The van der Waals surface area contributed by atoms with E-state index in [9.17, 15) is 14.3 Å². The minimum atomic E-state index is -0.655. The molecule has 2 heterocycles. The van der Waals surface area contributed by atoms with E-state index >= 15 is 0 Å². The number of halogens is 1.